The van der Waals surface area contributed by atoms with Gasteiger partial charge in [-0.3, -0.25) is 9.36 Å². The number of amides is 1. The van der Waals surface area contributed by atoms with Gasteiger partial charge in [-0.1, -0.05) is 81.4 Å². The molecule has 5 atom stereocenters. The van der Waals surface area contributed by atoms with Crippen molar-refractivity contribution in [1.82, 2.24) is 24.1 Å². The van der Waals surface area contributed by atoms with Crippen LogP contribution in [0.5, 0.6) is 0 Å². The smallest absolute Gasteiger partial charge is 0.222 e. The molecular weight excluding hydrogens is 745 g/mol. The van der Waals surface area contributed by atoms with Gasteiger partial charge >= 0.3 is 0 Å². The molecule has 9 heteroatoms. The molecule has 0 bridgehead atoms. The molecule has 5 unspecified atom stereocenters. The fourth-order valence-corrected chi connectivity index (χ4v) is 8.64. The summed E-state index contributed by atoms with van der Waals surface area (Å²) >= 11 is 0. The summed E-state index contributed by atoms with van der Waals surface area (Å²) in [6.07, 6.45) is 23.0. The zero-order chi connectivity index (χ0) is 38.0. The van der Waals surface area contributed by atoms with E-state index in [4.69, 9.17) is 0 Å². The van der Waals surface area contributed by atoms with Crippen molar-refractivity contribution in [2.24, 2.45) is 0 Å². The Morgan fingerprint density at radius 3 is 2.00 bits per heavy atom. The second-order valence-corrected chi connectivity index (χ2v) is 16.6. The molecule has 290 valence electrons. The van der Waals surface area contributed by atoms with Gasteiger partial charge in [0.2, 0.25) is 5.91 Å². The van der Waals surface area contributed by atoms with Crippen molar-refractivity contribution in [1.29, 1.82) is 0 Å². The van der Waals surface area contributed by atoms with Gasteiger partial charge in [0.1, 0.15) is 6.33 Å². The quantitative estimate of drug-likeness (QED) is 0.0888. The molecule has 2 aliphatic heterocycles. The third-order valence-electron chi connectivity index (χ3n) is 11.7. The largest absolute Gasteiger partial charge is 0.372 e. The maximum absolute atomic E-state index is 13.3. The van der Waals surface area contributed by atoms with E-state index in [1.807, 2.05) is 40.2 Å². The maximum Gasteiger partial charge on any atom is 0.222 e. The molecule has 6 rings (SSSR count). The SMILES string of the molecule is CC1(C)C[CH-]CC(C)(C)N1[O].C[CH-][n+]1ccn(C(CC(CC(CC(C)c2ccccc2)c2ccccc2)N2CCCC2=O)CC(CC)n2ccnc2)c1.[Y]. The number of benzene rings is 2. The number of carbonyl (C=O) groups excluding carboxylic acids is 1. The van der Waals surface area contributed by atoms with E-state index in [1.54, 1.807) is 0 Å². The first kappa shape index (κ1) is 43.9. The van der Waals surface area contributed by atoms with Crippen molar-refractivity contribution in [3.8, 4) is 0 Å². The molecule has 1 amide bonds. The first-order chi connectivity index (χ1) is 25.4. The Labute approximate surface area is 351 Å². The Bertz CT molecular complexity index is 1640. The van der Waals surface area contributed by atoms with Gasteiger partial charge < -0.3 is 20.5 Å². The topological polar surface area (TPSA) is 70.1 Å². The summed E-state index contributed by atoms with van der Waals surface area (Å²) in [6, 6.07) is 22.6. The Morgan fingerprint density at radius 2 is 1.48 bits per heavy atom. The van der Waals surface area contributed by atoms with E-state index < -0.39 is 0 Å². The van der Waals surface area contributed by atoms with Gasteiger partial charge in [-0.05, 0) is 82.9 Å². The van der Waals surface area contributed by atoms with Gasteiger partial charge in [0.05, 0.1) is 18.6 Å². The molecular formula is C45H64N6O2Y-. The summed E-state index contributed by atoms with van der Waals surface area (Å²) in [5, 5.41) is 12.9. The van der Waals surface area contributed by atoms with Crippen molar-refractivity contribution in [3.63, 3.8) is 0 Å². The van der Waals surface area contributed by atoms with Gasteiger partial charge in [0.15, 0.2) is 0 Å². The zero-order valence-electron chi connectivity index (χ0n) is 33.9. The number of rotatable bonds is 15. The monoisotopic (exact) mass is 809 g/mol. The first-order valence-electron chi connectivity index (χ1n) is 20.0. The number of hydroxylamine groups is 2. The van der Waals surface area contributed by atoms with Gasteiger partial charge in [-0.25, -0.2) is 4.98 Å². The molecule has 2 aromatic carbocycles. The van der Waals surface area contributed by atoms with Crippen LogP contribution in [-0.2, 0) is 42.7 Å². The van der Waals surface area contributed by atoms with E-state index in [1.165, 1.54) is 16.2 Å². The number of carbonyl (C=O) groups is 1. The molecule has 0 spiro atoms. The molecule has 2 fully saturated rings. The van der Waals surface area contributed by atoms with Crippen molar-refractivity contribution >= 4 is 5.91 Å². The minimum absolute atomic E-state index is 0. The molecule has 2 aliphatic rings. The molecule has 4 aromatic rings. The van der Waals surface area contributed by atoms with Crippen LogP contribution >= 0.6 is 0 Å². The molecule has 8 nitrogen and oxygen atoms in total. The van der Waals surface area contributed by atoms with E-state index in [9.17, 15) is 10.0 Å². The molecule has 0 aliphatic carbocycles. The normalized spacial score (nSPS) is 19.5. The van der Waals surface area contributed by atoms with E-state index in [0.717, 1.165) is 57.9 Å². The van der Waals surface area contributed by atoms with Crippen LogP contribution in [0.4, 0.5) is 0 Å². The third-order valence-corrected chi connectivity index (χ3v) is 11.7. The average molecular weight is 810 g/mol. The number of aromatic nitrogens is 4. The van der Waals surface area contributed by atoms with Crippen LogP contribution in [0.2, 0.25) is 0 Å². The van der Waals surface area contributed by atoms with Gasteiger partial charge in [-0.2, -0.15) is 12.8 Å². The molecule has 54 heavy (non-hydrogen) atoms. The fourth-order valence-electron chi connectivity index (χ4n) is 8.64. The van der Waals surface area contributed by atoms with Gasteiger partial charge in [-0.15, -0.1) is 10.3 Å². The van der Waals surface area contributed by atoms with Crippen LogP contribution in [0, 0.1) is 13.0 Å². The second kappa shape index (κ2) is 20.4. The predicted molar refractivity (Wildman–Crippen MR) is 212 cm³/mol. The maximum atomic E-state index is 13.3. The number of hydrogen-bond acceptors (Lipinski definition) is 3. The van der Waals surface area contributed by atoms with Crippen molar-refractivity contribution in [3.05, 3.63) is 122 Å². The van der Waals surface area contributed by atoms with E-state index in [2.05, 4.69) is 143 Å². The van der Waals surface area contributed by atoms with Crippen molar-refractivity contribution < 1.29 is 47.3 Å². The second-order valence-electron chi connectivity index (χ2n) is 16.6. The summed E-state index contributed by atoms with van der Waals surface area (Å²) in [5.74, 6) is 1.10. The fraction of sp³-hybridized carbons (Fsp3) is 0.533. The van der Waals surface area contributed by atoms with Crippen LogP contribution in [-0.4, -0.2) is 53.7 Å². The average Bonchev–Trinajstić information content (AvgIpc) is 3.96. The molecule has 2 saturated heterocycles. The Balaban J connectivity index is 0.000000466. The number of imidazole rings is 2. The van der Waals surface area contributed by atoms with E-state index >= 15 is 0 Å². The zero-order valence-corrected chi connectivity index (χ0v) is 36.8. The van der Waals surface area contributed by atoms with E-state index in [0.29, 0.717) is 30.2 Å². The Kier molecular flexibility index (Phi) is 16.6. The number of piperidine rings is 1. The summed E-state index contributed by atoms with van der Waals surface area (Å²) in [6.45, 7) is 17.6. The van der Waals surface area contributed by atoms with Crippen LogP contribution in [0.1, 0.15) is 141 Å². The van der Waals surface area contributed by atoms with Gasteiger partial charge in [0.25, 0.3) is 0 Å². The molecule has 0 saturated carbocycles. The van der Waals surface area contributed by atoms with Crippen LogP contribution in [0.25, 0.3) is 0 Å². The number of hydrogen-bond donors (Lipinski definition) is 0. The van der Waals surface area contributed by atoms with Crippen LogP contribution in [0.15, 0.2) is 98.1 Å². The number of likely N-dealkylation sites (tertiary alicyclic amines) is 1. The Hall–Kier alpha value is -2.78. The number of nitrogens with zero attached hydrogens (tertiary/aromatic N) is 6. The van der Waals surface area contributed by atoms with Gasteiger partial charge in [0, 0.05) is 100 Å². The van der Waals surface area contributed by atoms with Crippen LogP contribution < -0.4 is 4.57 Å². The van der Waals surface area contributed by atoms with E-state index in [-0.39, 0.29) is 55.9 Å². The molecule has 0 N–H and O–H groups in total. The van der Waals surface area contributed by atoms with Crippen molar-refractivity contribution in [2.45, 2.75) is 147 Å². The van der Waals surface area contributed by atoms with Crippen LogP contribution in [0.3, 0.4) is 0 Å². The molecule has 2 aromatic heterocycles. The predicted octanol–water partition coefficient (Wildman–Crippen LogP) is 9.52. The molecule has 4 heterocycles. The summed E-state index contributed by atoms with van der Waals surface area (Å²) in [4.78, 5) is 19.9. The minimum atomic E-state index is -0.207. The Morgan fingerprint density at radius 1 is 0.852 bits per heavy atom. The summed E-state index contributed by atoms with van der Waals surface area (Å²) in [5.41, 5.74) is 2.34. The first-order valence-corrected chi connectivity index (χ1v) is 20.0. The van der Waals surface area contributed by atoms with Crippen molar-refractivity contribution in [2.75, 3.05) is 6.54 Å². The third kappa shape index (κ3) is 11.6. The minimum Gasteiger partial charge on any atom is -0.372 e. The summed E-state index contributed by atoms with van der Waals surface area (Å²) < 4.78 is 6.74. The summed E-state index contributed by atoms with van der Waals surface area (Å²) in [7, 11) is 0. The molecule has 2 radical (unpaired) electrons. The standard InChI is InChI=1S/C36H47N5O.C9H17NO.Y/c1-4-33(39-20-18-37-27-39)25-34(40-22-21-38(5-2)28-40)26-35(41-19-12-17-36(41)42)24-32(31-15-10-7-11-16-31)23-29(3)30-13-8-6-9-14-30;1-8(2)6-5-7-9(3,4)10(8)11;/h5-11,13-16,18,20-22,27-29,32-35H,4,12,17,19,23-26H2,1-3H3;5H,6-7H2,1-4H3;/q;-1;.